The molecular formula is C15H19N3O3S. The molecule has 2 rings (SSSR count). The minimum atomic E-state index is -0.794. The molecule has 2 N–H and O–H groups in total. The molecule has 0 aliphatic heterocycles. The number of ether oxygens (including phenoxy) is 1. The molecule has 0 aliphatic rings. The van der Waals surface area contributed by atoms with E-state index in [0.29, 0.717) is 18.2 Å². The van der Waals surface area contributed by atoms with Crippen LogP contribution < -0.4 is 5.32 Å². The summed E-state index contributed by atoms with van der Waals surface area (Å²) in [6.07, 6.45) is 1.39. The molecule has 2 aromatic rings. The van der Waals surface area contributed by atoms with E-state index in [2.05, 4.69) is 15.5 Å². The number of anilines is 1. The van der Waals surface area contributed by atoms with Gasteiger partial charge >= 0.3 is 5.97 Å². The van der Waals surface area contributed by atoms with Crippen molar-refractivity contribution in [3.05, 3.63) is 40.9 Å². The molecule has 1 unspecified atom stereocenters. The third-order valence-corrected chi connectivity index (χ3v) is 3.92. The minimum Gasteiger partial charge on any atom is -0.481 e. The van der Waals surface area contributed by atoms with Gasteiger partial charge in [0.15, 0.2) is 0 Å². The van der Waals surface area contributed by atoms with Crippen LogP contribution in [0.1, 0.15) is 23.4 Å². The number of carboxylic acid groups (broad SMARTS) is 1. The van der Waals surface area contributed by atoms with Crippen molar-refractivity contribution in [1.82, 2.24) is 10.2 Å². The van der Waals surface area contributed by atoms with Crippen LogP contribution in [0.5, 0.6) is 0 Å². The fourth-order valence-electron chi connectivity index (χ4n) is 2.09. The lowest BCUT2D eigenvalue weighted by Crippen LogP contribution is -2.23. The molecule has 0 fully saturated rings. The maximum absolute atomic E-state index is 10.8. The Bertz CT molecular complexity index is 589. The van der Waals surface area contributed by atoms with Gasteiger partial charge in [-0.05, 0) is 18.4 Å². The number of hydrogen-bond donors (Lipinski definition) is 2. The Morgan fingerprint density at radius 3 is 2.82 bits per heavy atom. The van der Waals surface area contributed by atoms with E-state index in [0.717, 1.165) is 17.0 Å². The van der Waals surface area contributed by atoms with Crippen LogP contribution in [0.3, 0.4) is 0 Å². The zero-order chi connectivity index (χ0) is 15.8. The van der Waals surface area contributed by atoms with Crippen LogP contribution in [-0.4, -0.2) is 34.4 Å². The molecule has 0 spiro atoms. The zero-order valence-electron chi connectivity index (χ0n) is 12.4. The predicted molar refractivity (Wildman–Crippen MR) is 85.0 cm³/mol. The van der Waals surface area contributed by atoms with Gasteiger partial charge in [-0.3, -0.25) is 4.79 Å². The van der Waals surface area contributed by atoms with Crippen LogP contribution in [0, 0.1) is 0 Å². The van der Waals surface area contributed by atoms with Crippen molar-refractivity contribution in [2.24, 2.45) is 0 Å². The second kappa shape index (κ2) is 8.45. The van der Waals surface area contributed by atoms with E-state index in [4.69, 9.17) is 9.84 Å². The summed E-state index contributed by atoms with van der Waals surface area (Å²) < 4.78 is 5.02. The number of aliphatic carboxylic acids is 1. The fourth-order valence-corrected chi connectivity index (χ4v) is 2.88. The first-order valence-corrected chi connectivity index (χ1v) is 7.82. The molecule has 1 aromatic heterocycles. The van der Waals surface area contributed by atoms with Gasteiger partial charge < -0.3 is 15.2 Å². The van der Waals surface area contributed by atoms with Crippen molar-refractivity contribution < 1.29 is 14.6 Å². The molecule has 118 valence electrons. The Kier molecular flexibility index (Phi) is 6.29. The van der Waals surface area contributed by atoms with Gasteiger partial charge in [-0.1, -0.05) is 41.7 Å². The molecular weight excluding hydrogens is 302 g/mol. The number of nitrogens with zero attached hydrogens (tertiary/aromatic N) is 2. The highest BCUT2D eigenvalue weighted by Gasteiger charge is 2.14. The number of nitrogens with one attached hydrogen (secondary N) is 1. The number of methoxy groups -OCH3 is 1. The largest absolute Gasteiger partial charge is 0.481 e. The maximum Gasteiger partial charge on any atom is 0.303 e. The number of carbonyl (C=O) groups is 1. The third-order valence-electron chi connectivity index (χ3n) is 3.09. The van der Waals surface area contributed by atoms with E-state index in [1.807, 2.05) is 30.3 Å². The molecule has 0 amide bonds. The Balaban J connectivity index is 2.00. The van der Waals surface area contributed by atoms with Crippen LogP contribution in [0.2, 0.25) is 0 Å². The normalized spacial score (nSPS) is 12.0. The van der Waals surface area contributed by atoms with Gasteiger partial charge in [-0.15, -0.1) is 10.2 Å². The number of rotatable bonds is 9. The fraction of sp³-hybridized carbons (Fsp3) is 0.400. The SMILES string of the molecule is COCc1nnc(NC(CCC(=O)O)Cc2ccccc2)s1. The monoisotopic (exact) mass is 321 g/mol. The van der Waals surface area contributed by atoms with E-state index >= 15 is 0 Å². The van der Waals surface area contributed by atoms with E-state index in [1.54, 1.807) is 7.11 Å². The highest BCUT2D eigenvalue weighted by molar-refractivity contribution is 7.15. The molecule has 0 saturated carbocycles. The van der Waals surface area contributed by atoms with Gasteiger partial charge in [0, 0.05) is 19.6 Å². The van der Waals surface area contributed by atoms with Crippen LogP contribution in [0.4, 0.5) is 5.13 Å². The van der Waals surface area contributed by atoms with Crippen molar-refractivity contribution in [3.63, 3.8) is 0 Å². The Morgan fingerprint density at radius 2 is 2.14 bits per heavy atom. The molecule has 1 aromatic carbocycles. The lowest BCUT2D eigenvalue weighted by molar-refractivity contribution is -0.137. The Hall–Kier alpha value is -1.99. The summed E-state index contributed by atoms with van der Waals surface area (Å²) in [5.74, 6) is -0.794. The lowest BCUT2D eigenvalue weighted by Gasteiger charge is -2.17. The first-order valence-electron chi connectivity index (χ1n) is 7.01. The average molecular weight is 321 g/mol. The highest BCUT2D eigenvalue weighted by Crippen LogP contribution is 2.19. The van der Waals surface area contributed by atoms with Gasteiger partial charge in [-0.2, -0.15) is 0 Å². The van der Waals surface area contributed by atoms with Crippen LogP contribution in [0.25, 0.3) is 0 Å². The molecule has 0 bridgehead atoms. The molecule has 0 aliphatic carbocycles. The number of carboxylic acids is 1. The average Bonchev–Trinajstić information content (AvgIpc) is 2.93. The van der Waals surface area contributed by atoms with Gasteiger partial charge in [0.25, 0.3) is 0 Å². The van der Waals surface area contributed by atoms with Crippen LogP contribution in [-0.2, 0) is 22.6 Å². The quantitative estimate of drug-likeness (QED) is 0.738. The molecule has 0 radical (unpaired) electrons. The van der Waals surface area contributed by atoms with Crippen molar-refractivity contribution in [2.45, 2.75) is 31.9 Å². The molecule has 7 heteroatoms. The first-order chi connectivity index (χ1) is 10.7. The molecule has 22 heavy (non-hydrogen) atoms. The zero-order valence-corrected chi connectivity index (χ0v) is 13.2. The van der Waals surface area contributed by atoms with E-state index < -0.39 is 5.97 Å². The number of benzene rings is 1. The smallest absolute Gasteiger partial charge is 0.303 e. The van der Waals surface area contributed by atoms with Crippen LogP contribution >= 0.6 is 11.3 Å². The summed E-state index contributed by atoms with van der Waals surface area (Å²) in [5.41, 5.74) is 1.16. The third kappa shape index (κ3) is 5.42. The van der Waals surface area contributed by atoms with E-state index in [1.165, 1.54) is 11.3 Å². The van der Waals surface area contributed by atoms with Crippen molar-refractivity contribution >= 4 is 22.4 Å². The maximum atomic E-state index is 10.8. The summed E-state index contributed by atoms with van der Waals surface area (Å²) in [6, 6.07) is 9.99. The molecule has 6 nitrogen and oxygen atoms in total. The Morgan fingerprint density at radius 1 is 1.36 bits per heavy atom. The lowest BCUT2D eigenvalue weighted by atomic mass is 10.0. The van der Waals surface area contributed by atoms with Gasteiger partial charge in [0.2, 0.25) is 5.13 Å². The van der Waals surface area contributed by atoms with Gasteiger partial charge in [-0.25, -0.2) is 0 Å². The minimum absolute atomic E-state index is 0.00171. The van der Waals surface area contributed by atoms with Crippen molar-refractivity contribution in [2.75, 3.05) is 12.4 Å². The van der Waals surface area contributed by atoms with Gasteiger partial charge in [0.1, 0.15) is 11.6 Å². The number of hydrogen-bond acceptors (Lipinski definition) is 6. The van der Waals surface area contributed by atoms with Gasteiger partial charge in [0.05, 0.1) is 0 Å². The summed E-state index contributed by atoms with van der Waals surface area (Å²) in [4.78, 5) is 10.8. The number of aromatic nitrogens is 2. The summed E-state index contributed by atoms with van der Waals surface area (Å²) >= 11 is 1.42. The van der Waals surface area contributed by atoms with Crippen LogP contribution in [0.15, 0.2) is 30.3 Å². The van der Waals surface area contributed by atoms with Crippen molar-refractivity contribution in [1.29, 1.82) is 0 Å². The Labute approximate surface area is 133 Å². The van der Waals surface area contributed by atoms with E-state index in [9.17, 15) is 4.79 Å². The predicted octanol–water partition coefficient (Wildman–Crippen LogP) is 2.57. The van der Waals surface area contributed by atoms with E-state index in [-0.39, 0.29) is 12.5 Å². The summed E-state index contributed by atoms with van der Waals surface area (Å²) in [6.45, 7) is 0.428. The first kappa shape index (κ1) is 16.4. The highest BCUT2D eigenvalue weighted by atomic mass is 32.1. The topological polar surface area (TPSA) is 84.3 Å². The second-order valence-corrected chi connectivity index (χ2v) is 5.96. The molecule has 1 heterocycles. The second-order valence-electron chi connectivity index (χ2n) is 4.90. The molecule has 0 saturated heterocycles. The standard InChI is InChI=1S/C15H19N3O3S/c1-21-10-13-17-18-15(22-13)16-12(7-8-14(19)20)9-11-5-3-2-4-6-11/h2-6,12H,7-10H2,1H3,(H,16,18)(H,19,20). The van der Waals surface area contributed by atoms with Crippen molar-refractivity contribution in [3.8, 4) is 0 Å². The summed E-state index contributed by atoms with van der Waals surface area (Å²) in [5, 5.41) is 21.8. The molecule has 1 atom stereocenters. The summed E-state index contributed by atoms with van der Waals surface area (Å²) in [7, 11) is 1.61.